The van der Waals surface area contributed by atoms with Crippen molar-refractivity contribution in [2.24, 2.45) is 5.73 Å². The van der Waals surface area contributed by atoms with E-state index in [9.17, 15) is 0 Å². The zero-order valence-corrected chi connectivity index (χ0v) is 10.4. The standard InChI is InChI=1S/C11H16N2S2/c12-11(5-6-14-7-11)10-13-8-3-1-2-4-9(8)15-10/h1-7,12H2. The Morgan fingerprint density at radius 1 is 1.27 bits per heavy atom. The van der Waals surface area contributed by atoms with Crippen molar-refractivity contribution >= 4 is 23.1 Å². The Kier molecular flexibility index (Phi) is 2.53. The molecule has 15 heavy (non-hydrogen) atoms. The smallest absolute Gasteiger partial charge is 0.114 e. The molecular weight excluding hydrogens is 224 g/mol. The summed E-state index contributed by atoms with van der Waals surface area (Å²) in [4.78, 5) is 6.30. The van der Waals surface area contributed by atoms with E-state index in [1.807, 2.05) is 23.1 Å². The lowest BCUT2D eigenvalue weighted by atomic mass is 10.0. The molecule has 0 aromatic carbocycles. The number of hydrogen-bond donors (Lipinski definition) is 1. The van der Waals surface area contributed by atoms with Gasteiger partial charge >= 0.3 is 0 Å². The van der Waals surface area contributed by atoms with Gasteiger partial charge in [-0.15, -0.1) is 11.3 Å². The van der Waals surface area contributed by atoms with Gasteiger partial charge in [-0.25, -0.2) is 4.98 Å². The van der Waals surface area contributed by atoms with E-state index in [-0.39, 0.29) is 5.54 Å². The molecule has 1 aromatic heterocycles. The molecule has 1 aliphatic heterocycles. The monoisotopic (exact) mass is 240 g/mol. The average molecular weight is 240 g/mol. The topological polar surface area (TPSA) is 38.9 Å². The van der Waals surface area contributed by atoms with Crippen LogP contribution in [0.1, 0.15) is 34.8 Å². The number of aryl methyl sites for hydroxylation is 2. The van der Waals surface area contributed by atoms with Crippen LogP contribution in [0.3, 0.4) is 0 Å². The Balaban J connectivity index is 1.95. The lowest BCUT2D eigenvalue weighted by Gasteiger charge is -2.18. The Morgan fingerprint density at radius 3 is 2.87 bits per heavy atom. The first-order chi connectivity index (χ1) is 7.28. The first kappa shape index (κ1) is 10.1. The zero-order valence-electron chi connectivity index (χ0n) is 8.79. The van der Waals surface area contributed by atoms with Crippen molar-refractivity contribution in [1.82, 2.24) is 4.98 Å². The molecule has 1 atom stereocenters. The normalized spacial score (nSPS) is 30.5. The van der Waals surface area contributed by atoms with Gasteiger partial charge in [0.15, 0.2) is 0 Å². The predicted molar refractivity (Wildman–Crippen MR) is 66.6 cm³/mol. The van der Waals surface area contributed by atoms with Crippen LogP contribution in [0.15, 0.2) is 0 Å². The van der Waals surface area contributed by atoms with Crippen LogP contribution in [0.2, 0.25) is 0 Å². The minimum absolute atomic E-state index is 0.104. The fourth-order valence-electron chi connectivity index (χ4n) is 2.31. The van der Waals surface area contributed by atoms with E-state index >= 15 is 0 Å². The summed E-state index contributed by atoms with van der Waals surface area (Å²) in [6.07, 6.45) is 6.15. The molecule has 2 N–H and O–H groups in total. The summed E-state index contributed by atoms with van der Waals surface area (Å²) in [6.45, 7) is 0. The highest BCUT2D eigenvalue weighted by atomic mass is 32.2. The predicted octanol–water partition coefficient (Wildman–Crippen LogP) is 2.31. The second kappa shape index (κ2) is 3.75. The molecule has 3 rings (SSSR count). The fourth-order valence-corrected chi connectivity index (χ4v) is 4.98. The van der Waals surface area contributed by atoms with Crippen LogP contribution in [0, 0.1) is 0 Å². The molecule has 2 heterocycles. The maximum Gasteiger partial charge on any atom is 0.114 e. The molecule has 1 aromatic rings. The molecule has 82 valence electrons. The molecule has 1 saturated heterocycles. The van der Waals surface area contributed by atoms with E-state index < -0.39 is 0 Å². The lowest BCUT2D eigenvalue weighted by molar-refractivity contribution is 0.504. The molecule has 1 aliphatic carbocycles. The molecular formula is C11H16N2S2. The number of nitrogens with two attached hydrogens (primary N) is 1. The third-order valence-corrected chi connectivity index (χ3v) is 5.91. The summed E-state index contributed by atoms with van der Waals surface area (Å²) in [5, 5.41) is 1.21. The van der Waals surface area contributed by atoms with Crippen LogP contribution in [-0.2, 0) is 18.4 Å². The number of hydrogen-bond acceptors (Lipinski definition) is 4. The maximum absolute atomic E-state index is 6.42. The van der Waals surface area contributed by atoms with Crippen LogP contribution >= 0.6 is 23.1 Å². The molecule has 0 bridgehead atoms. The van der Waals surface area contributed by atoms with Gasteiger partial charge < -0.3 is 5.73 Å². The summed E-state index contributed by atoms with van der Waals surface area (Å²) < 4.78 is 0. The van der Waals surface area contributed by atoms with Crippen LogP contribution in [0.4, 0.5) is 0 Å². The van der Waals surface area contributed by atoms with E-state index in [4.69, 9.17) is 10.7 Å². The highest BCUT2D eigenvalue weighted by Crippen LogP contribution is 2.38. The van der Waals surface area contributed by atoms with Crippen molar-refractivity contribution in [3.05, 3.63) is 15.6 Å². The highest BCUT2D eigenvalue weighted by molar-refractivity contribution is 7.99. The summed E-state index contributed by atoms with van der Waals surface area (Å²) in [5.41, 5.74) is 7.66. The maximum atomic E-state index is 6.42. The van der Waals surface area contributed by atoms with Crippen molar-refractivity contribution in [3.8, 4) is 0 Å². The average Bonchev–Trinajstić information content (AvgIpc) is 2.84. The second-order valence-corrected chi connectivity index (χ2v) is 6.74. The SMILES string of the molecule is NC1(c2nc3c(s2)CCCC3)CCSC1. The van der Waals surface area contributed by atoms with Crippen molar-refractivity contribution in [2.45, 2.75) is 37.6 Å². The minimum atomic E-state index is -0.104. The Hall–Kier alpha value is -0.0600. The number of thiazole rings is 1. The first-order valence-corrected chi connectivity index (χ1v) is 7.61. The van der Waals surface area contributed by atoms with E-state index in [2.05, 4.69) is 0 Å². The van der Waals surface area contributed by atoms with E-state index in [0.717, 1.165) is 12.2 Å². The number of nitrogens with zero attached hydrogens (tertiary/aromatic N) is 1. The summed E-state index contributed by atoms with van der Waals surface area (Å²) >= 11 is 3.85. The van der Waals surface area contributed by atoms with Gasteiger partial charge in [0.2, 0.25) is 0 Å². The van der Waals surface area contributed by atoms with E-state index in [0.29, 0.717) is 0 Å². The molecule has 2 aliphatic rings. The Bertz CT molecular complexity index is 343. The molecule has 1 fully saturated rings. The Labute approximate surface area is 98.7 Å². The summed E-state index contributed by atoms with van der Waals surface area (Å²) in [6, 6.07) is 0. The van der Waals surface area contributed by atoms with Crippen molar-refractivity contribution in [3.63, 3.8) is 0 Å². The molecule has 0 spiro atoms. The third-order valence-electron chi connectivity index (χ3n) is 3.32. The van der Waals surface area contributed by atoms with Crippen molar-refractivity contribution in [2.75, 3.05) is 11.5 Å². The van der Waals surface area contributed by atoms with Gasteiger partial charge in [-0.1, -0.05) is 0 Å². The molecule has 0 saturated carbocycles. The van der Waals surface area contributed by atoms with Gasteiger partial charge in [0.05, 0.1) is 11.2 Å². The number of aromatic nitrogens is 1. The van der Waals surface area contributed by atoms with Gasteiger partial charge in [0.1, 0.15) is 5.01 Å². The molecule has 4 heteroatoms. The van der Waals surface area contributed by atoms with Crippen molar-refractivity contribution < 1.29 is 0 Å². The second-order valence-electron chi connectivity index (χ2n) is 4.55. The van der Waals surface area contributed by atoms with Gasteiger partial charge in [0.25, 0.3) is 0 Å². The largest absolute Gasteiger partial charge is 0.319 e. The molecule has 1 unspecified atom stereocenters. The first-order valence-electron chi connectivity index (χ1n) is 5.64. The van der Waals surface area contributed by atoms with Crippen molar-refractivity contribution in [1.29, 1.82) is 0 Å². The lowest BCUT2D eigenvalue weighted by Crippen LogP contribution is -2.36. The number of fused-ring (bicyclic) bond motifs is 1. The Morgan fingerprint density at radius 2 is 2.13 bits per heavy atom. The van der Waals surface area contributed by atoms with Gasteiger partial charge in [-0.05, 0) is 37.9 Å². The quantitative estimate of drug-likeness (QED) is 0.819. The van der Waals surface area contributed by atoms with Crippen LogP contribution < -0.4 is 5.73 Å². The van der Waals surface area contributed by atoms with Crippen LogP contribution in [0.5, 0.6) is 0 Å². The number of thioether (sulfide) groups is 1. The van der Waals surface area contributed by atoms with E-state index in [1.54, 1.807) is 0 Å². The summed E-state index contributed by atoms with van der Waals surface area (Å²) in [5.74, 6) is 2.25. The minimum Gasteiger partial charge on any atom is -0.319 e. The highest BCUT2D eigenvalue weighted by Gasteiger charge is 2.35. The van der Waals surface area contributed by atoms with E-state index in [1.165, 1.54) is 47.0 Å². The fraction of sp³-hybridized carbons (Fsp3) is 0.727. The van der Waals surface area contributed by atoms with Gasteiger partial charge in [-0.3, -0.25) is 0 Å². The van der Waals surface area contributed by atoms with Crippen LogP contribution in [0.25, 0.3) is 0 Å². The summed E-state index contributed by atoms with van der Waals surface area (Å²) in [7, 11) is 0. The van der Waals surface area contributed by atoms with Gasteiger partial charge in [0, 0.05) is 10.6 Å². The van der Waals surface area contributed by atoms with Gasteiger partial charge in [-0.2, -0.15) is 11.8 Å². The molecule has 0 radical (unpaired) electrons. The molecule has 0 amide bonds. The zero-order chi connectivity index (χ0) is 10.3. The van der Waals surface area contributed by atoms with Crippen LogP contribution in [-0.4, -0.2) is 16.5 Å². The molecule has 2 nitrogen and oxygen atoms in total. The third kappa shape index (κ3) is 1.73. The number of rotatable bonds is 1.